The lowest BCUT2D eigenvalue weighted by Crippen LogP contribution is -2.38. The Balaban J connectivity index is 1.36. The number of aromatic nitrogens is 2. The zero-order chi connectivity index (χ0) is 33.4. The Morgan fingerprint density at radius 2 is 1.85 bits per heavy atom. The zero-order valence-corrected chi connectivity index (χ0v) is 28.0. The van der Waals surface area contributed by atoms with E-state index in [-0.39, 0.29) is 55.6 Å². The minimum absolute atomic E-state index is 0.0254. The number of nitrogens with zero attached hydrogens (tertiary/aromatic N) is 2. The molecule has 5 heterocycles. The first-order chi connectivity index (χ1) is 22.6. The summed E-state index contributed by atoms with van der Waals surface area (Å²) in [6.45, 7) is 8.71. The Labute approximate surface area is 275 Å². The van der Waals surface area contributed by atoms with E-state index in [1.165, 1.54) is 12.0 Å². The summed E-state index contributed by atoms with van der Waals surface area (Å²) < 4.78 is 4.96. The van der Waals surface area contributed by atoms with Crippen LogP contribution >= 0.6 is 0 Å². The molecule has 1 aliphatic carbocycles. The van der Waals surface area contributed by atoms with Gasteiger partial charge < -0.3 is 25.1 Å². The third-order valence-corrected chi connectivity index (χ3v) is 10.1. The van der Waals surface area contributed by atoms with Gasteiger partial charge in [-0.05, 0) is 87.1 Å². The van der Waals surface area contributed by atoms with Crippen molar-refractivity contribution < 1.29 is 24.2 Å². The number of carbonyl (C=O) groups excluding carboxylic acids is 3. The predicted octanol–water partition coefficient (Wildman–Crippen LogP) is 4.07. The van der Waals surface area contributed by atoms with E-state index in [1.54, 1.807) is 0 Å². The Morgan fingerprint density at radius 1 is 1.06 bits per heavy atom. The molecule has 3 aliphatic heterocycles. The maximum atomic E-state index is 13.5. The Morgan fingerprint density at radius 3 is 2.62 bits per heavy atom. The molecular weight excluding hydrogens is 594 g/mol. The third-order valence-electron chi connectivity index (χ3n) is 10.1. The molecular formula is C37H45N5O5. The Bertz CT molecular complexity index is 1870. The van der Waals surface area contributed by atoms with E-state index in [1.807, 2.05) is 6.92 Å². The molecule has 0 aromatic carbocycles. The van der Waals surface area contributed by atoms with Crippen LogP contribution in [0.1, 0.15) is 81.3 Å². The van der Waals surface area contributed by atoms with Crippen LogP contribution in [0.2, 0.25) is 0 Å². The van der Waals surface area contributed by atoms with Gasteiger partial charge in [0.25, 0.3) is 0 Å². The molecule has 2 amide bonds. The van der Waals surface area contributed by atoms with Gasteiger partial charge in [0.2, 0.25) is 5.91 Å². The van der Waals surface area contributed by atoms with E-state index < -0.39 is 6.09 Å². The molecule has 0 radical (unpaired) electrons. The number of amides is 2. The van der Waals surface area contributed by atoms with E-state index >= 15 is 0 Å². The van der Waals surface area contributed by atoms with E-state index in [2.05, 4.69) is 66.4 Å². The molecule has 0 saturated carbocycles. The molecule has 4 N–H and O–H groups in total. The van der Waals surface area contributed by atoms with Gasteiger partial charge in [-0.3, -0.25) is 14.6 Å². The minimum atomic E-state index is -0.656. The second kappa shape index (κ2) is 13.4. The summed E-state index contributed by atoms with van der Waals surface area (Å²) in [5.74, 6) is -0.353. The number of aromatic amines is 2. The fraction of sp³-hybridized carbons (Fsp3) is 0.459. The molecule has 47 heavy (non-hydrogen) atoms. The topological polar surface area (TPSA) is 140 Å². The number of aliphatic hydroxyl groups is 1. The average Bonchev–Trinajstić information content (AvgIpc) is 3.82. The number of carbonyl (C=O) groups is 3. The second-order valence-electron chi connectivity index (χ2n) is 13.2. The Hall–Kier alpha value is -4.44. The molecule has 0 fully saturated rings. The lowest BCUT2D eigenvalue weighted by Gasteiger charge is -2.23. The van der Waals surface area contributed by atoms with Crippen LogP contribution in [0.4, 0.5) is 4.79 Å². The SMILES string of the molecule is COC(=O)N(CCCCCCO)C(=O)CCC1C2=NC(=Cc3[nH]c(cc3C)C=c3[nH]c(cc3C)=CC3NC4=C2CC(=O)C4=C3C)C1C. The fourth-order valence-electron chi connectivity index (χ4n) is 7.35. The highest BCUT2D eigenvalue weighted by molar-refractivity contribution is 6.18. The quantitative estimate of drug-likeness (QED) is 0.305. The third kappa shape index (κ3) is 6.31. The summed E-state index contributed by atoms with van der Waals surface area (Å²) in [5.41, 5.74) is 9.39. The summed E-state index contributed by atoms with van der Waals surface area (Å²) in [6.07, 6.45) is 9.54. The van der Waals surface area contributed by atoms with Gasteiger partial charge in [-0.1, -0.05) is 19.8 Å². The van der Waals surface area contributed by atoms with Gasteiger partial charge in [0.05, 0.1) is 24.6 Å². The molecule has 0 saturated heterocycles. The number of H-pyrrole nitrogens is 2. The first-order valence-electron chi connectivity index (χ1n) is 16.7. The number of allylic oxidation sites excluding steroid dienone is 3. The van der Waals surface area contributed by atoms with Crippen molar-refractivity contribution in [1.29, 1.82) is 0 Å². The summed E-state index contributed by atoms with van der Waals surface area (Å²) in [4.78, 5) is 53.1. The van der Waals surface area contributed by atoms with Gasteiger partial charge in [-0.25, -0.2) is 9.69 Å². The van der Waals surface area contributed by atoms with Crippen LogP contribution in [-0.4, -0.2) is 69.8 Å². The predicted molar refractivity (Wildman–Crippen MR) is 182 cm³/mol. The number of imide groups is 1. The zero-order valence-electron chi connectivity index (χ0n) is 28.0. The summed E-state index contributed by atoms with van der Waals surface area (Å²) >= 11 is 0. The van der Waals surface area contributed by atoms with Crippen molar-refractivity contribution in [1.82, 2.24) is 20.2 Å². The minimum Gasteiger partial charge on any atom is -0.452 e. The van der Waals surface area contributed by atoms with Crippen molar-refractivity contribution >= 4 is 41.7 Å². The molecule has 4 aliphatic rings. The number of hydrogen-bond acceptors (Lipinski definition) is 7. The number of rotatable bonds is 9. The number of aliphatic hydroxyl groups excluding tert-OH is 1. The highest BCUT2D eigenvalue weighted by Gasteiger charge is 2.43. The van der Waals surface area contributed by atoms with Crippen molar-refractivity contribution in [3.8, 4) is 0 Å². The molecule has 10 heteroatoms. The van der Waals surface area contributed by atoms with Gasteiger partial charge in [-0.2, -0.15) is 0 Å². The number of aliphatic imine (C=N–C) groups is 1. The van der Waals surface area contributed by atoms with Crippen molar-refractivity contribution in [2.45, 2.75) is 78.7 Å². The molecule has 3 unspecified atom stereocenters. The van der Waals surface area contributed by atoms with Gasteiger partial charge in [0, 0.05) is 76.8 Å². The standard InChI is InChI=1S/C37H45N5O5/c1-20-14-25-17-30-23(4)34-32(44)18-27(36(34)41-30)35-26(10-11-33(45)42(37(46)47-5)12-8-6-7-9-13-43)22(3)31(40-35)19-29-21(2)15-24(39-29)16-28(20)38-25/h14-17,19,22,26,30,38-39,41,43H,6-13,18H2,1-5H3. The van der Waals surface area contributed by atoms with Crippen molar-refractivity contribution in [2.24, 2.45) is 16.8 Å². The lowest BCUT2D eigenvalue weighted by molar-refractivity contribution is -0.129. The van der Waals surface area contributed by atoms with Crippen LogP contribution in [0.15, 0.2) is 45.2 Å². The maximum absolute atomic E-state index is 13.5. The van der Waals surface area contributed by atoms with Crippen molar-refractivity contribution in [3.63, 3.8) is 0 Å². The van der Waals surface area contributed by atoms with E-state index in [4.69, 9.17) is 14.8 Å². The summed E-state index contributed by atoms with van der Waals surface area (Å²) in [7, 11) is 1.29. The summed E-state index contributed by atoms with van der Waals surface area (Å²) in [6, 6.07) is 4.11. The van der Waals surface area contributed by atoms with Crippen LogP contribution < -0.4 is 16.0 Å². The van der Waals surface area contributed by atoms with Crippen LogP contribution in [0.3, 0.4) is 0 Å². The highest BCUT2D eigenvalue weighted by atomic mass is 16.5. The highest BCUT2D eigenvalue weighted by Crippen LogP contribution is 2.44. The maximum Gasteiger partial charge on any atom is 0.416 e. The second-order valence-corrected chi connectivity index (χ2v) is 13.2. The number of nitrogens with one attached hydrogen (secondary N) is 3. The van der Waals surface area contributed by atoms with Crippen LogP contribution in [0.25, 0.3) is 18.2 Å². The molecule has 3 atom stereocenters. The molecule has 0 spiro atoms. The summed E-state index contributed by atoms with van der Waals surface area (Å²) in [5, 5.41) is 14.7. The number of methoxy groups -OCH3 is 1. The van der Waals surface area contributed by atoms with E-state index in [0.717, 1.165) is 79.9 Å². The van der Waals surface area contributed by atoms with Crippen molar-refractivity contribution in [2.75, 3.05) is 20.3 Å². The number of ketones is 1. The van der Waals surface area contributed by atoms with Crippen LogP contribution in [-0.2, 0) is 14.3 Å². The number of hydrogen-bond donors (Lipinski definition) is 4. The first-order valence-corrected chi connectivity index (χ1v) is 16.7. The number of fused-ring (bicyclic) bond motifs is 7. The monoisotopic (exact) mass is 639 g/mol. The molecule has 2 aromatic rings. The van der Waals surface area contributed by atoms with Crippen LogP contribution in [0, 0.1) is 25.7 Å². The molecule has 2 aromatic heterocycles. The van der Waals surface area contributed by atoms with Crippen molar-refractivity contribution in [3.05, 3.63) is 73.5 Å². The number of aryl methyl sites for hydroxylation is 2. The molecule has 10 nitrogen and oxygen atoms in total. The first kappa shape index (κ1) is 32.5. The van der Waals surface area contributed by atoms with Crippen LogP contribution in [0.5, 0.6) is 0 Å². The van der Waals surface area contributed by atoms with Gasteiger partial charge in [0.15, 0.2) is 5.78 Å². The van der Waals surface area contributed by atoms with E-state index in [0.29, 0.717) is 19.3 Å². The number of Topliss-reactive ketones (excluding diaryl/α,β-unsaturated/α-hetero) is 1. The number of unbranched alkanes of at least 4 members (excludes halogenated alkanes) is 3. The van der Waals surface area contributed by atoms with Gasteiger partial charge in [0.1, 0.15) is 0 Å². The lowest BCUT2D eigenvalue weighted by atomic mass is 9.83. The van der Waals surface area contributed by atoms with Gasteiger partial charge >= 0.3 is 6.09 Å². The molecule has 8 bridgehead atoms. The Kier molecular flexibility index (Phi) is 9.23. The van der Waals surface area contributed by atoms with Gasteiger partial charge in [-0.15, -0.1) is 0 Å². The molecule has 6 rings (SSSR count). The normalized spacial score (nSPS) is 21.3. The number of ether oxygens (including phenoxy) is 1. The largest absolute Gasteiger partial charge is 0.452 e. The smallest absolute Gasteiger partial charge is 0.416 e. The molecule has 248 valence electrons. The fourth-order valence-corrected chi connectivity index (χ4v) is 7.35. The van der Waals surface area contributed by atoms with E-state index in [9.17, 15) is 14.4 Å². The average molecular weight is 640 g/mol.